The van der Waals surface area contributed by atoms with Crippen LogP contribution in [-0.2, 0) is 11.3 Å². The van der Waals surface area contributed by atoms with Gasteiger partial charge < -0.3 is 9.32 Å². The second-order valence-corrected chi connectivity index (χ2v) is 6.27. The molecule has 0 N–H and O–H groups in total. The summed E-state index contributed by atoms with van der Waals surface area (Å²) in [5.41, 5.74) is 1.71. The van der Waals surface area contributed by atoms with Crippen LogP contribution < -0.4 is 5.76 Å². The summed E-state index contributed by atoms with van der Waals surface area (Å²) in [6.07, 6.45) is 0.716. The van der Waals surface area contributed by atoms with E-state index in [0.717, 1.165) is 0 Å². The lowest BCUT2D eigenvalue weighted by Crippen LogP contribution is -2.34. The van der Waals surface area contributed by atoms with E-state index in [2.05, 4.69) is 0 Å². The molecule has 1 saturated heterocycles. The zero-order valence-electron chi connectivity index (χ0n) is 13.5. The molecule has 3 aromatic rings. The number of hydrogen-bond donors (Lipinski definition) is 0. The molecule has 0 spiro atoms. The van der Waals surface area contributed by atoms with Gasteiger partial charge in [-0.05, 0) is 30.2 Å². The minimum Gasteiger partial charge on any atom is -0.408 e. The van der Waals surface area contributed by atoms with Crippen molar-refractivity contribution < 1.29 is 13.6 Å². The molecule has 25 heavy (non-hydrogen) atoms. The summed E-state index contributed by atoms with van der Waals surface area (Å²) in [4.78, 5) is 26.3. The third-order valence-corrected chi connectivity index (χ3v) is 4.75. The summed E-state index contributed by atoms with van der Waals surface area (Å²) >= 11 is 0. The Labute approximate surface area is 143 Å². The lowest BCUT2D eigenvalue weighted by molar-refractivity contribution is -0.130. The highest BCUT2D eigenvalue weighted by molar-refractivity contribution is 5.79. The van der Waals surface area contributed by atoms with Gasteiger partial charge in [-0.2, -0.15) is 0 Å². The van der Waals surface area contributed by atoms with Crippen molar-refractivity contribution >= 4 is 17.0 Å². The number of aromatic nitrogens is 1. The van der Waals surface area contributed by atoms with Crippen LogP contribution in [0.3, 0.4) is 0 Å². The van der Waals surface area contributed by atoms with Crippen LogP contribution in [0.25, 0.3) is 11.1 Å². The van der Waals surface area contributed by atoms with E-state index >= 15 is 0 Å². The number of carbonyl (C=O) groups excluding carboxylic acids is 1. The number of halogens is 1. The summed E-state index contributed by atoms with van der Waals surface area (Å²) in [6.45, 7) is 0.951. The summed E-state index contributed by atoms with van der Waals surface area (Å²) < 4.78 is 20.4. The molecular weight excluding hydrogens is 323 g/mol. The number of nitrogens with zero attached hydrogens (tertiary/aromatic N) is 2. The minimum atomic E-state index is -0.542. The highest BCUT2D eigenvalue weighted by Gasteiger charge is 2.29. The van der Waals surface area contributed by atoms with Crippen molar-refractivity contribution in [2.75, 3.05) is 13.1 Å². The Bertz CT molecular complexity index is 991. The maximum Gasteiger partial charge on any atom is 0.420 e. The third kappa shape index (κ3) is 2.84. The van der Waals surface area contributed by atoms with Crippen LogP contribution in [0.5, 0.6) is 0 Å². The molecule has 0 radical (unpaired) electrons. The smallest absolute Gasteiger partial charge is 0.408 e. The van der Waals surface area contributed by atoms with E-state index in [1.807, 2.05) is 0 Å². The highest BCUT2D eigenvalue weighted by atomic mass is 19.1. The predicted molar refractivity (Wildman–Crippen MR) is 90.8 cm³/mol. The molecule has 128 valence electrons. The number of amides is 1. The lowest BCUT2D eigenvalue weighted by Gasteiger charge is -2.17. The van der Waals surface area contributed by atoms with Crippen LogP contribution in [0.2, 0.25) is 0 Å². The molecule has 1 aromatic heterocycles. The van der Waals surface area contributed by atoms with Gasteiger partial charge in [0.15, 0.2) is 5.58 Å². The normalized spacial score (nSPS) is 17.3. The molecule has 1 aliphatic heterocycles. The molecule has 0 saturated carbocycles. The first-order valence-electron chi connectivity index (χ1n) is 8.24. The van der Waals surface area contributed by atoms with Crippen molar-refractivity contribution in [1.29, 1.82) is 0 Å². The van der Waals surface area contributed by atoms with Crippen LogP contribution in [0, 0.1) is 5.82 Å². The summed E-state index contributed by atoms with van der Waals surface area (Å²) in [7, 11) is 0. The fraction of sp³-hybridized carbons (Fsp3) is 0.263. The molecule has 0 unspecified atom stereocenters. The number of benzene rings is 2. The van der Waals surface area contributed by atoms with Crippen LogP contribution in [0.4, 0.5) is 4.39 Å². The largest absolute Gasteiger partial charge is 0.420 e. The number of carbonyl (C=O) groups is 1. The molecule has 2 aromatic carbocycles. The van der Waals surface area contributed by atoms with Crippen LogP contribution in [0.1, 0.15) is 17.9 Å². The maximum absolute atomic E-state index is 13.9. The van der Waals surface area contributed by atoms with E-state index in [9.17, 15) is 14.0 Å². The SMILES string of the molecule is O=C(Cn1c(=O)oc2ccccc21)N1CC[C@H](c2ccccc2F)C1. The summed E-state index contributed by atoms with van der Waals surface area (Å²) in [6, 6.07) is 13.7. The van der Waals surface area contributed by atoms with Crippen molar-refractivity contribution in [1.82, 2.24) is 9.47 Å². The Morgan fingerprint density at radius 3 is 2.76 bits per heavy atom. The summed E-state index contributed by atoms with van der Waals surface area (Å²) in [5, 5.41) is 0. The Hall–Kier alpha value is -2.89. The molecule has 5 nitrogen and oxygen atoms in total. The quantitative estimate of drug-likeness (QED) is 0.737. The van der Waals surface area contributed by atoms with Crippen molar-refractivity contribution in [3.63, 3.8) is 0 Å². The van der Waals surface area contributed by atoms with Crippen molar-refractivity contribution in [3.05, 3.63) is 70.5 Å². The highest BCUT2D eigenvalue weighted by Crippen LogP contribution is 2.29. The van der Waals surface area contributed by atoms with Crippen molar-refractivity contribution in [2.24, 2.45) is 0 Å². The van der Waals surface area contributed by atoms with Gasteiger partial charge in [0.1, 0.15) is 12.4 Å². The number of rotatable bonds is 3. The predicted octanol–water partition coefficient (Wildman–Crippen LogP) is 2.75. The van der Waals surface area contributed by atoms with E-state index in [1.54, 1.807) is 47.4 Å². The van der Waals surface area contributed by atoms with E-state index in [1.165, 1.54) is 10.6 Å². The topological polar surface area (TPSA) is 55.5 Å². The van der Waals surface area contributed by atoms with Gasteiger partial charge in [-0.1, -0.05) is 30.3 Å². The zero-order valence-corrected chi connectivity index (χ0v) is 13.5. The van der Waals surface area contributed by atoms with Gasteiger partial charge in [-0.25, -0.2) is 9.18 Å². The van der Waals surface area contributed by atoms with Gasteiger partial charge in [0.05, 0.1) is 5.52 Å². The molecule has 6 heteroatoms. The van der Waals surface area contributed by atoms with Gasteiger partial charge >= 0.3 is 5.76 Å². The van der Waals surface area contributed by atoms with E-state index in [0.29, 0.717) is 36.2 Å². The van der Waals surface area contributed by atoms with Crippen molar-refractivity contribution in [2.45, 2.75) is 18.9 Å². The summed E-state index contributed by atoms with van der Waals surface area (Å²) in [5.74, 6) is -0.950. The molecule has 0 aliphatic carbocycles. The van der Waals surface area contributed by atoms with Crippen LogP contribution >= 0.6 is 0 Å². The molecule has 2 heterocycles. The minimum absolute atomic E-state index is 0.0111. The standard InChI is InChI=1S/C19H17FN2O3/c20-15-6-2-1-5-14(15)13-9-10-21(11-13)18(23)12-22-16-7-3-4-8-17(16)25-19(22)24/h1-8,13H,9-12H2/t13-/m0/s1. The van der Waals surface area contributed by atoms with Gasteiger partial charge in [0, 0.05) is 19.0 Å². The Kier molecular flexibility index (Phi) is 3.87. The van der Waals surface area contributed by atoms with Gasteiger partial charge in [-0.15, -0.1) is 0 Å². The van der Waals surface area contributed by atoms with Gasteiger partial charge in [0.2, 0.25) is 5.91 Å². The molecule has 4 rings (SSSR count). The van der Waals surface area contributed by atoms with Crippen LogP contribution in [-0.4, -0.2) is 28.5 Å². The average Bonchev–Trinajstić information content (AvgIpc) is 3.21. The molecule has 1 fully saturated rings. The number of fused-ring (bicyclic) bond motifs is 1. The molecule has 1 amide bonds. The average molecular weight is 340 g/mol. The first kappa shape index (κ1) is 15.6. The molecule has 1 atom stereocenters. The monoisotopic (exact) mass is 340 g/mol. The Morgan fingerprint density at radius 1 is 1.16 bits per heavy atom. The first-order valence-corrected chi connectivity index (χ1v) is 8.24. The van der Waals surface area contributed by atoms with E-state index in [4.69, 9.17) is 4.42 Å². The first-order chi connectivity index (χ1) is 12.1. The zero-order chi connectivity index (χ0) is 17.4. The van der Waals surface area contributed by atoms with E-state index in [-0.39, 0.29) is 24.2 Å². The van der Waals surface area contributed by atoms with Gasteiger partial charge in [-0.3, -0.25) is 9.36 Å². The number of likely N-dealkylation sites (tertiary alicyclic amines) is 1. The van der Waals surface area contributed by atoms with Crippen molar-refractivity contribution in [3.8, 4) is 0 Å². The third-order valence-electron chi connectivity index (χ3n) is 4.75. The second-order valence-electron chi connectivity index (χ2n) is 6.27. The van der Waals surface area contributed by atoms with Crippen LogP contribution in [0.15, 0.2) is 57.7 Å². The number of hydrogen-bond acceptors (Lipinski definition) is 3. The maximum atomic E-state index is 13.9. The number of oxazole rings is 1. The number of para-hydroxylation sites is 2. The lowest BCUT2D eigenvalue weighted by atomic mass is 9.98. The molecule has 1 aliphatic rings. The molecule has 0 bridgehead atoms. The second kappa shape index (κ2) is 6.20. The van der Waals surface area contributed by atoms with E-state index < -0.39 is 5.76 Å². The molecular formula is C19H17FN2O3. The Morgan fingerprint density at radius 2 is 1.92 bits per heavy atom. The Balaban J connectivity index is 1.52. The van der Waals surface area contributed by atoms with Gasteiger partial charge in [0.25, 0.3) is 0 Å². The fourth-order valence-electron chi connectivity index (χ4n) is 3.45. The fourth-order valence-corrected chi connectivity index (χ4v) is 3.45.